The summed E-state index contributed by atoms with van der Waals surface area (Å²) in [5.74, 6) is 0. The second-order valence-corrected chi connectivity index (χ2v) is 5.84. The first-order valence-electron chi connectivity index (χ1n) is 5.13. The molecular formula is C12H11BrO3S. The fourth-order valence-corrected chi connectivity index (χ4v) is 2.87. The summed E-state index contributed by atoms with van der Waals surface area (Å²) < 4.78 is 17.9. The van der Waals surface area contributed by atoms with Crippen molar-refractivity contribution >= 4 is 38.1 Å². The molecule has 0 N–H and O–H groups in total. The molecule has 90 valence electrons. The molecule has 0 fully saturated rings. The van der Waals surface area contributed by atoms with Gasteiger partial charge in [0.15, 0.2) is 0 Å². The van der Waals surface area contributed by atoms with Crippen molar-refractivity contribution in [3.8, 4) is 0 Å². The molecule has 0 aliphatic heterocycles. The highest BCUT2D eigenvalue weighted by molar-refractivity contribution is 9.10. The highest BCUT2D eigenvalue weighted by atomic mass is 79.9. The zero-order valence-corrected chi connectivity index (χ0v) is 11.9. The third-order valence-corrected chi connectivity index (χ3v) is 3.87. The monoisotopic (exact) mass is 314 g/mol. The van der Waals surface area contributed by atoms with Crippen molar-refractivity contribution in [2.75, 3.05) is 6.26 Å². The highest BCUT2D eigenvalue weighted by Gasteiger charge is 2.20. The van der Waals surface area contributed by atoms with Gasteiger partial charge in [0.2, 0.25) is 5.43 Å². The molecule has 0 radical (unpaired) electrons. The Kier molecular flexibility index (Phi) is 3.61. The van der Waals surface area contributed by atoms with Crippen molar-refractivity contribution in [1.29, 1.82) is 0 Å². The van der Waals surface area contributed by atoms with Crippen LogP contribution in [0.2, 0.25) is 0 Å². The largest absolute Gasteiger partial charge is 0.609 e. The smallest absolute Gasteiger partial charge is 0.318 e. The van der Waals surface area contributed by atoms with E-state index in [0.717, 1.165) is 4.47 Å². The first-order valence-corrected chi connectivity index (χ1v) is 7.48. The molecule has 0 saturated heterocycles. The Labute approximate surface area is 110 Å². The maximum absolute atomic E-state index is 12.2. The summed E-state index contributed by atoms with van der Waals surface area (Å²) in [6.07, 6.45) is 2.03. The van der Waals surface area contributed by atoms with E-state index in [1.54, 1.807) is 18.2 Å². The summed E-state index contributed by atoms with van der Waals surface area (Å²) in [5, 5.41) is 0.803. The number of benzene rings is 1. The molecule has 0 spiro atoms. The van der Waals surface area contributed by atoms with Gasteiger partial charge < -0.3 is 8.97 Å². The maximum Gasteiger partial charge on any atom is 0.318 e. The zero-order valence-electron chi connectivity index (χ0n) is 9.45. The Balaban J connectivity index is 2.88. The average Bonchev–Trinajstić information content (AvgIpc) is 2.29. The lowest BCUT2D eigenvalue weighted by molar-refractivity contribution is 0.461. The van der Waals surface area contributed by atoms with Gasteiger partial charge in [0.1, 0.15) is 11.8 Å². The van der Waals surface area contributed by atoms with E-state index >= 15 is 0 Å². The molecule has 0 saturated carbocycles. The van der Waals surface area contributed by atoms with Crippen LogP contribution >= 0.6 is 15.9 Å². The minimum Gasteiger partial charge on any atom is -0.609 e. The summed E-state index contributed by atoms with van der Waals surface area (Å²) in [4.78, 5) is 12.2. The summed E-state index contributed by atoms with van der Waals surface area (Å²) in [5.41, 5.74) is 0.872. The van der Waals surface area contributed by atoms with Gasteiger partial charge in [-0.2, -0.15) is 0 Å². The highest BCUT2D eigenvalue weighted by Crippen LogP contribution is 2.22. The van der Waals surface area contributed by atoms with Gasteiger partial charge in [0, 0.05) is 15.6 Å². The zero-order chi connectivity index (χ0) is 12.6. The fourth-order valence-electron chi connectivity index (χ4n) is 1.72. The van der Waals surface area contributed by atoms with Crippen LogP contribution in [0.3, 0.4) is 0 Å². The Morgan fingerprint density at radius 1 is 1.47 bits per heavy atom. The van der Waals surface area contributed by atoms with Gasteiger partial charge in [-0.1, -0.05) is 22.9 Å². The molecule has 0 aliphatic rings. The van der Waals surface area contributed by atoms with E-state index in [4.69, 9.17) is 4.42 Å². The number of hydrogen-bond donors (Lipinski definition) is 0. The van der Waals surface area contributed by atoms with Crippen molar-refractivity contribution in [1.82, 2.24) is 0 Å². The molecule has 1 unspecified atom stereocenters. The van der Waals surface area contributed by atoms with E-state index in [9.17, 15) is 9.35 Å². The SMILES string of the molecule is CCc1c([S+](C)[O-])oc2ccc(Br)cc2c1=O. The molecule has 17 heavy (non-hydrogen) atoms. The lowest BCUT2D eigenvalue weighted by Crippen LogP contribution is -2.14. The van der Waals surface area contributed by atoms with E-state index in [2.05, 4.69) is 15.9 Å². The summed E-state index contributed by atoms with van der Waals surface area (Å²) in [6, 6.07) is 5.22. The van der Waals surface area contributed by atoms with Crippen LogP contribution in [-0.2, 0) is 17.6 Å². The lowest BCUT2D eigenvalue weighted by atomic mass is 10.1. The van der Waals surface area contributed by atoms with Gasteiger partial charge in [0.05, 0.1) is 10.9 Å². The van der Waals surface area contributed by atoms with Crippen LogP contribution in [0.25, 0.3) is 11.0 Å². The molecule has 1 heterocycles. The lowest BCUT2D eigenvalue weighted by Gasteiger charge is -2.08. The number of hydrogen-bond acceptors (Lipinski definition) is 3. The first-order chi connectivity index (χ1) is 8.04. The normalized spacial score (nSPS) is 12.9. The van der Waals surface area contributed by atoms with Crippen LogP contribution in [0.4, 0.5) is 0 Å². The van der Waals surface area contributed by atoms with E-state index in [1.165, 1.54) is 6.26 Å². The molecule has 1 aromatic heterocycles. The van der Waals surface area contributed by atoms with E-state index in [-0.39, 0.29) is 10.5 Å². The third kappa shape index (κ3) is 2.27. The van der Waals surface area contributed by atoms with Gasteiger partial charge in [-0.05, 0) is 24.6 Å². The minimum absolute atomic E-state index is 0.0970. The van der Waals surface area contributed by atoms with Crippen molar-refractivity contribution in [3.05, 3.63) is 38.5 Å². The summed E-state index contributed by atoms with van der Waals surface area (Å²) in [6.45, 7) is 1.85. The molecule has 2 rings (SSSR count). The summed E-state index contributed by atoms with van der Waals surface area (Å²) in [7, 11) is 0. The molecule has 1 atom stereocenters. The maximum atomic E-state index is 12.2. The van der Waals surface area contributed by atoms with Gasteiger partial charge in [-0.15, -0.1) is 0 Å². The molecule has 0 amide bonds. The standard InChI is InChI=1S/C12H11BrO3S/c1-3-8-11(14)9-6-7(13)4-5-10(9)16-12(8)17(2)15/h4-6H,3H2,1-2H3. The van der Waals surface area contributed by atoms with Crippen molar-refractivity contribution in [2.45, 2.75) is 18.4 Å². The Morgan fingerprint density at radius 3 is 2.76 bits per heavy atom. The van der Waals surface area contributed by atoms with Crippen LogP contribution in [0.5, 0.6) is 0 Å². The third-order valence-electron chi connectivity index (χ3n) is 2.52. The van der Waals surface area contributed by atoms with E-state index in [1.807, 2.05) is 6.92 Å². The number of rotatable bonds is 2. The Hall–Kier alpha value is -0.780. The van der Waals surface area contributed by atoms with Crippen LogP contribution in [0.1, 0.15) is 12.5 Å². The van der Waals surface area contributed by atoms with E-state index in [0.29, 0.717) is 23.0 Å². The molecule has 3 nitrogen and oxygen atoms in total. The van der Waals surface area contributed by atoms with Crippen LogP contribution < -0.4 is 5.43 Å². The second-order valence-electron chi connectivity index (χ2n) is 3.65. The first kappa shape index (κ1) is 12.7. The predicted molar refractivity (Wildman–Crippen MR) is 71.9 cm³/mol. The molecular weight excluding hydrogens is 304 g/mol. The van der Waals surface area contributed by atoms with Crippen molar-refractivity contribution in [3.63, 3.8) is 0 Å². The Morgan fingerprint density at radius 2 is 2.18 bits per heavy atom. The van der Waals surface area contributed by atoms with Crippen LogP contribution in [0, 0.1) is 0 Å². The van der Waals surface area contributed by atoms with Gasteiger partial charge in [-0.3, -0.25) is 4.79 Å². The predicted octanol–water partition coefficient (Wildman–Crippen LogP) is 2.86. The van der Waals surface area contributed by atoms with Crippen molar-refractivity contribution < 1.29 is 8.97 Å². The van der Waals surface area contributed by atoms with Crippen molar-refractivity contribution in [2.24, 2.45) is 0 Å². The van der Waals surface area contributed by atoms with Gasteiger partial charge in [-0.25, -0.2) is 0 Å². The molecule has 2 aromatic rings. The molecule has 0 bridgehead atoms. The van der Waals surface area contributed by atoms with Crippen LogP contribution in [0.15, 0.2) is 37.0 Å². The van der Waals surface area contributed by atoms with Gasteiger partial charge >= 0.3 is 5.09 Å². The number of halogens is 1. The van der Waals surface area contributed by atoms with Gasteiger partial charge in [0.25, 0.3) is 0 Å². The molecule has 1 aromatic carbocycles. The fraction of sp³-hybridized carbons (Fsp3) is 0.250. The second kappa shape index (κ2) is 4.84. The molecule has 5 heteroatoms. The average molecular weight is 315 g/mol. The number of fused-ring (bicyclic) bond motifs is 1. The molecule has 0 aliphatic carbocycles. The van der Waals surface area contributed by atoms with E-state index < -0.39 is 11.2 Å². The quantitative estimate of drug-likeness (QED) is 0.801. The minimum atomic E-state index is -1.29. The van der Waals surface area contributed by atoms with Crippen LogP contribution in [-0.4, -0.2) is 10.8 Å². The summed E-state index contributed by atoms with van der Waals surface area (Å²) >= 11 is 2.03. The Bertz CT molecular complexity index is 619. The topological polar surface area (TPSA) is 53.3 Å².